The zero-order valence-corrected chi connectivity index (χ0v) is 10.8. The van der Waals surface area contributed by atoms with E-state index in [0.29, 0.717) is 5.89 Å². The molecule has 0 radical (unpaired) electrons. The van der Waals surface area contributed by atoms with Gasteiger partial charge in [-0.05, 0) is 31.5 Å². The number of benzene rings is 1. The van der Waals surface area contributed by atoms with Crippen molar-refractivity contribution in [3.05, 3.63) is 40.3 Å². The van der Waals surface area contributed by atoms with Crippen LogP contribution in [0.4, 0.5) is 0 Å². The molecule has 1 atom stereocenters. The van der Waals surface area contributed by atoms with E-state index in [2.05, 4.69) is 20.9 Å². The Hall–Kier alpha value is -1.13. The first-order valence-electron chi connectivity index (χ1n) is 5.06. The smallest absolute Gasteiger partial charge is 0.211 e. The Morgan fingerprint density at radius 1 is 1.44 bits per heavy atom. The van der Waals surface area contributed by atoms with Crippen molar-refractivity contribution in [2.24, 2.45) is 5.73 Å². The maximum absolute atomic E-state index is 5.71. The van der Waals surface area contributed by atoms with Gasteiger partial charge in [0.2, 0.25) is 5.89 Å². The maximum atomic E-state index is 5.71. The molecule has 0 bridgehead atoms. The molecule has 0 amide bonds. The largest absolute Gasteiger partial charge is 0.439 e. The van der Waals surface area contributed by atoms with E-state index < -0.39 is 0 Å². The van der Waals surface area contributed by atoms with E-state index in [1.807, 2.05) is 32.0 Å². The van der Waals surface area contributed by atoms with E-state index in [1.165, 1.54) is 0 Å². The summed E-state index contributed by atoms with van der Waals surface area (Å²) in [6.45, 7) is 3.89. The first-order valence-corrected chi connectivity index (χ1v) is 5.85. The Labute approximate surface area is 103 Å². The van der Waals surface area contributed by atoms with Gasteiger partial charge in [-0.3, -0.25) is 0 Å². The Balaban J connectivity index is 2.46. The summed E-state index contributed by atoms with van der Waals surface area (Å²) in [5.74, 6) is 1.32. The monoisotopic (exact) mass is 280 g/mol. The van der Waals surface area contributed by atoms with Crippen LogP contribution in [0, 0.1) is 6.92 Å². The van der Waals surface area contributed by atoms with E-state index in [4.69, 9.17) is 10.2 Å². The molecule has 16 heavy (non-hydrogen) atoms. The molecule has 84 valence electrons. The third kappa shape index (κ3) is 2.18. The van der Waals surface area contributed by atoms with E-state index in [1.54, 1.807) is 6.20 Å². The SMILES string of the molecule is Cc1ccc(Br)cc1-c1cnc(C(C)N)o1. The van der Waals surface area contributed by atoms with E-state index >= 15 is 0 Å². The Kier molecular flexibility index (Phi) is 3.12. The first kappa shape index (κ1) is 11.4. The second-order valence-electron chi connectivity index (χ2n) is 3.81. The highest BCUT2D eigenvalue weighted by Gasteiger charge is 2.11. The van der Waals surface area contributed by atoms with Crippen molar-refractivity contribution in [1.29, 1.82) is 0 Å². The fourth-order valence-corrected chi connectivity index (χ4v) is 1.84. The molecular weight excluding hydrogens is 268 g/mol. The highest BCUT2D eigenvalue weighted by molar-refractivity contribution is 9.10. The first-order chi connectivity index (χ1) is 7.58. The average molecular weight is 281 g/mol. The quantitative estimate of drug-likeness (QED) is 0.917. The van der Waals surface area contributed by atoms with Gasteiger partial charge in [-0.1, -0.05) is 22.0 Å². The van der Waals surface area contributed by atoms with Crippen LogP contribution in [0.5, 0.6) is 0 Å². The van der Waals surface area contributed by atoms with Crippen LogP contribution in [0.2, 0.25) is 0 Å². The Morgan fingerprint density at radius 3 is 2.81 bits per heavy atom. The van der Waals surface area contributed by atoms with E-state index in [-0.39, 0.29) is 6.04 Å². The lowest BCUT2D eigenvalue weighted by atomic mass is 10.1. The maximum Gasteiger partial charge on any atom is 0.211 e. The number of rotatable bonds is 2. The Bertz CT molecular complexity index is 505. The van der Waals surface area contributed by atoms with Crippen LogP contribution in [-0.2, 0) is 0 Å². The van der Waals surface area contributed by atoms with Gasteiger partial charge in [-0.2, -0.15) is 0 Å². The summed E-state index contributed by atoms with van der Waals surface area (Å²) in [5.41, 5.74) is 7.89. The van der Waals surface area contributed by atoms with E-state index in [9.17, 15) is 0 Å². The Morgan fingerprint density at radius 2 is 2.19 bits per heavy atom. The van der Waals surface area contributed by atoms with Crippen LogP contribution in [0.25, 0.3) is 11.3 Å². The fourth-order valence-electron chi connectivity index (χ4n) is 1.48. The van der Waals surface area contributed by atoms with Crippen LogP contribution in [0.15, 0.2) is 33.3 Å². The molecule has 2 aromatic rings. The summed E-state index contributed by atoms with van der Waals surface area (Å²) in [6, 6.07) is 5.87. The minimum Gasteiger partial charge on any atom is -0.439 e. The van der Waals surface area contributed by atoms with Crippen molar-refractivity contribution in [3.8, 4) is 11.3 Å². The number of oxazole rings is 1. The van der Waals surface area contributed by atoms with Crippen molar-refractivity contribution >= 4 is 15.9 Å². The molecule has 0 spiro atoms. The second kappa shape index (κ2) is 4.39. The fraction of sp³-hybridized carbons (Fsp3) is 0.250. The van der Waals surface area contributed by atoms with Gasteiger partial charge in [0.1, 0.15) is 0 Å². The number of halogens is 1. The summed E-state index contributed by atoms with van der Waals surface area (Å²) in [5, 5.41) is 0. The predicted octanol–water partition coefficient (Wildman–Crippen LogP) is 3.43. The van der Waals surface area contributed by atoms with Crippen molar-refractivity contribution < 1.29 is 4.42 Å². The zero-order chi connectivity index (χ0) is 11.7. The summed E-state index contributed by atoms with van der Waals surface area (Å²) in [6.07, 6.45) is 1.72. The molecule has 2 rings (SSSR count). The molecule has 3 nitrogen and oxygen atoms in total. The van der Waals surface area contributed by atoms with Crippen LogP contribution in [0.3, 0.4) is 0 Å². The van der Waals surface area contributed by atoms with Gasteiger partial charge in [0, 0.05) is 10.0 Å². The molecule has 2 N–H and O–H groups in total. The molecule has 1 heterocycles. The van der Waals surface area contributed by atoms with Gasteiger partial charge in [0.05, 0.1) is 12.2 Å². The molecule has 1 aromatic heterocycles. The van der Waals surface area contributed by atoms with Crippen LogP contribution < -0.4 is 5.73 Å². The molecular formula is C12H13BrN2O. The topological polar surface area (TPSA) is 52.0 Å². The minimum absolute atomic E-state index is 0.179. The molecule has 0 aliphatic carbocycles. The third-order valence-corrected chi connectivity index (χ3v) is 2.87. The molecule has 0 aliphatic rings. The lowest BCUT2D eigenvalue weighted by Gasteiger charge is -2.03. The van der Waals surface area contributed by atoms with Gasteiger partial charge < -0.3 is 10.2 Å². The van der Waals surface area contributed by atoms with Crippen LogP contribution in [0.1, 0.15) is 24.4 Å². The lowest BCUT2D eigenvalue weighted by Crippen LogP contribution is -2.04. The summed E-state index contributed by atoms with van der Waals surface area (Å²) < 4.78 is 6.63. The van der Waals surface area contributed by atoms with Crippen LogP contribution >= 0.6 is 15.9 Å². The van der Waals surface area contributed by atoms with Crippen molar-refractivity contribution in [3.63, 3.8) is 0 Å². The standard InChI is InChI=1S/C12H13BrN2O/c1-7-3-4-9(13)5-10(7)11-6-15-12(16-11)8(2)14/h3-6,8H,14H2,1-2H3. The number of aromatic nitrogens is 1. The number of hydrogen-bond donors (Lipinski definition) is 1. The lowest BCUT2D eigenvalue weighted by molar-refractivity contribution is 0.473. The van der Waals surface area contributed by atoms with Crippen molar-refractivity contribution in [2.45, 2.75) is 19.9 Å². The number of nitrogens with zero attached hydrogens (tertiary/aromatic N) is 1. The van der Waals surface area contributed by atoms with Crippen LogP contribution in [-0.4, -0.2) is 4.98 Å². The van der Waals surface area contributed by atoms with Gasteiger partial charge in [-0.25, -0.2) is 4.98 Å². The van der Waals surface area contributed by atoms with Gasteiger partial charge in [-0.15, -0.1) is 0 Å². The molecule has 4 heteroatoms. The zero-order valence-electron chi connectivity index (χ0n) is 9.20. The van der Waals surface area contributed by atoms with Crippen molar-refractivity contribution in [2.75, 3.05) is 0 Å². The molecule has 0 aliphatic heterocycles. The molecule has 0 saturated heterocycles. The predicted molar refractivity (Wildman–Crippen MR) is 67.0 cm³/mol. The molecule has 1 unspecified atom stereocenters. The van der Waals surface area contributed by atoms with Gasteiger partial charge in [0.15, 0.2) is 5.76 Å². The number of aryl methyl sites for hydroxylation is 1. The summed E-state index contributed by atoms with van der Waals surface area (Å²) in [7, 11) is 0. The van der Waals surface area contributed by atoms with Crippen molar-refractivity contribution in [1.82, 2.24) is 4.98 Å². The number of nitrogens with two attached hydrogens (primary N) is 1. The normalized spacial score (nSPS) is 12.8. The minimum atomic E-state index is -0.179. The third-order valence-electron chi connectivity index (χ3n) is 2.38. The second-order valence-corrected chi connectivity index (χ2v) is 4.73. The molecule has 1 aromatic carbocycles. The van der Waals surface area contributed by atoms with Gasteiger partial charge >= 0.3 is 0 Å². The highest BCUT2D eigenvalue weighted by Crippen LogP contribution is 2.28. The summed E-state index contributed by atoms with van der Waals surface area (Å²) >= 11 is 3.44. The molecule has 0 saturated carbocycles. The highest BCUT2D eigenvalue weighted by atomic mass is 79.9. The van der Waals surface area contributed by atoms with Gasteiger partial charge in [0.25, 0.3) is 0 Å². The average Bonchev–Trinajstić information content (AvgIpc) is 2.70. The van der Waals surface area contributed by atoms with E-state index in [0.717, 1.165) is 21.4 Å². The number of hydrogen-bond acceptors (Lipinski definition) is 3. The molecule has 0 fully saturated rings. The summed E-state index contributed by atoms with van der Waals surface area (Å²) in [4.78, 5) is 4.16.